The molecule has 544 valence electrons. The maximum absolute atomic E-state index is 11.4. The molecule has 2 N–H and O–H groups in total. The third-order valence-electron chi connectivity index (χ3n) is 20.4. The lowest BCUT2D eigenvalue weighted by Gasteiger charge is -2.39. The van der Waals surface area contributed by atoms with Gasteiger partial charge in [-0.2, -0.15) is 10.2 Å². The molecule has 0 heterocycles. The van der Waals surface area contributed by atoms with Crippen molar-refractivity contribution in [2.45, 2.75) is 217 Å². The van der Waals surface area contributed by atoms with E-state index in [9.17, 15) is 9.59 Å². The maximum Gasteiger partial charge on any atom is 0.333 e. The summed E-state index contributed by atoms with van der Waals surface area (Å²) in [5, 5.41) is 30.1. The van der Waals surface area contributed by atoms with Crippen LogP contribution in [0.1, 0.15) is 214 Å². The van der Waals surface area contributed by atoms with Crippen molar-refractivity contribution in [3.05, 3.63) is 216 Å². The van der Waals surface area contributed by atoms with E-state index < -0.39 is 0 Å². The van der Waals surface area contributed by atoms with Crippen LogP contribution in [0.15, 0.2) is 215 Å². The summed E-state index contributed by atoms with van der Waals surface area (Å²) in [6.45, 7) is 37.6. The molecule has 0 aliphatic carbocycles. The second-order valence-electron chi connectivity index (χ2n) is 30.7. The number of carbonyl (C=O) groups excluding carboxylic acids is 2. The van der Waals surface area contributed by atoms with E-state index in [1.807, 2.05) is 18.2 Å². The van der Waals surface area contributed by atoms with Crippen LogP contribution in [0.3, 0.4) is 0 Å². The molecule has 0 aromatic heterocycles. The van der Waals surface area contributed by atoms with Crippen LogP contribution < -0.4 is 20.1 Å². The highest BCUT2D eigenvalue weighted by molar-refractivity contribution is 6.01. The Hall–Kier alpha value is -8.90. The van der Waals surface area contributed by atoms with E-state index in [1.54, 1.807) is 13.8 Å². The quantitative estimate of drug-likeness (QED) is 0.0167. The fourth-order valence-electron chi connectivity index (χ4n) is 11.5. The molecule has 8 aromatic rings. The highest BCUT2D eigenvalue weighted by atomic mass is 16.5. The molecule has 12 nitrogen and oxygen atoms in total. The van der Waals surface area contributed by atoms with E-state index in [0.29, 0.717) is 37.4 Å². The van der Waals surface area contributed by atoms with Gasteiger partial charge in [0.15, 0.2) is 0 Å². The number of carbonyl (C=O) groups is 2. The summed E-state index contributed by atoms with van der Waals surface area (Å²) in [5.74, 6) is 1.25. The lowest BCUT2D eigenvalue weighted by molar-refractivity contribution is -0.139. The Morgan fingerprint density at radius 1 is 0.373 bits per heavy atom. The summed E-state index contributed by atoms with van der Waals surface area (Å²) >= 11 is 0. The van der Waals surface area contributed by atoms with Crippen molar-refractivity contribution in [2.24, 2.45) is 36.7 Å². The van der Waals surface area contributed by atoms with Crippen LogP contribution >= 0.6 is 0 Å². The van der Waals surface area contributed by atoms with E-state index in [2.05, 4.69) is 265 Å². The molecule has 0 aliphatic rings. The summed E-state index contributed by atoms with van der Waals surface area (Å²) in [6.07, 6.45) is 20.5. The largest absolute Gasteiger partial charge is 0.494 e. The Bertz CT molecular complexity index is 3950. The number of rotatable bonds is 40. The van der Waals surface area contributed by atoms with Gasteiger partial charge in [0.1, 0.15) is 11.5 Å². The second-order valence-corrected chi connectivity index (χ2v) is 30.7. The number of benzene rings is 8. The SMILES string of the molecule is C=C(C)C(=O)OCCCCCCCCCCOc1ccc(CNc2ccc(N=Nc3ccc(C(C)(C)C(C)(C)C)cc3)c3ccccc23)cc1.C=C(C)C(=O)OCCCCCCCCCCOc1ccc(CNc2ccc(N=Nc3ccc(CCC(C)(C)C(C)(C)C)cc3)c3ccccc23)cc1. The Balaban J connectivity index is 0.000000286. The lowest BCUT2D eigenvalue weighted by atomic mass is 9.65. The van der Waals surface area contributed by atoms with Crippen molar-refractivity contribution in [3.8, 4) is 11.5 Å². The molecule has 0 saturated heterocycles. The number of aryl methyl sites for hydroxylation is 1. The number of esters is 2. The van der Waals surface area contributed by atoms with Crippen molar-refractivity contribution in [2.75, 3.05) is 37.1 Å². The van der Waals surface area contributed by atoms with Crippen molar-refractivity contribution < 1.29 is 28.5 Å². The predicted molar refractivity (Wildman–Crippen MR) is 427 cm³/mol. The Morgan fingerprint density at radius 3 is 1.08 bits per heavy atom. The van der Waals surface area contributed by atoms with Gasteiger partial charge in [-0.1, -0.05) is 257 Å². The molecule has 0 fully saturated rings. The molecular formula is C90H118N6O6. The van der Waals surface area contributed by atoms with Gasteiger partial charge < -0.3 is 29.6 Å². The van der Waals surface area contributed by atoms with Gasteiger partial charge in [0.05, 0.1) is 49.2 Å². The van der Waals surface area contributed by atoms with Crippen LogP contribution in [-0.2, 0) is 44.0 Å². The van der Waals surface area contributed by atoms with Gasteiger partial charge in [-0.3, -0.25) is 0 Å². The smallest absolute Gasteiger partial charge is 0.333 e. The Labute approximate surface area is 611 Å². The zero-order valence-corrected chi connectivity index (χ0v) is 63.8. The second kappa shape index (κ2) is 40.7. The molecule has 12 heteroatoms. The number of nitrogens with one attached hydrogen (secondary N) is 2. The molecule has 0 unspecified atom stereocenters. The van der Waals surface area contributed by atoms with E-state index in [0.717, 1.165) is 132 Å². The van der Waals surface area contributed by atoms with E-state index in [-0.39, 0.29) is 33.6 Å². The fraction of sp³-hybridized carbons (Fsp3) is 0.444. The molecule has 8 aromatic carbocycles. The minimum atomic E-state index is -0.287. The summed E-state index contributed by atoms with van der Waals surface area (Å²) in [5.41, 5.74) is 12.2. The molecule has 0 bridgehead atoms. The highest BCUT2D eigenvalue weighted by Gasteiger charge is 2.34. The predicted octanol–water partition coefficient (Wildman–Crippen LogP) is 26.3. The summed E-state index contributed by atoms with van der Waals surface area (Å²) in [4.78, 5) is 22.8. The average molecular weight is 1380 g/mol. The molecule has 0 spiro atoms. The number of anilines is 2. The van der Waals surface area contributed by atoms with Crippen LogP contribution in [0.5, 0.6) is 11.5 Å². The summed E-state index contributed by atoms with van der Waals surface area (Å²) in [6, 6.07) is 58.7. The first kappa shape index (κ1) is 80.4. The third kappa shape index (κ3) is 26.5. The van der Waals surface area contributed by atoms with Crippen molar-refractivity contribution >= 4 is 67.6 Å². The molecular weight excluding hydrogens is 1260 g/mol. The monoisotopic (exact) mass is 1380 g/mol. The van der Waals surface area contributed by atoms with Crippen molar-refractivity contribution in [1.29, 1.82) is 0 Å². The van der Waals surface area contributed by atoms with Crippen molar-refractivity contribution in [3.63, 3.8) is 0 Å². The van der Waals surface area contributed by atoms with Gasteiger partial charge in [0.25, 0.3) is 0 Å². The normalized spacial score (nSPS) is 12.0. The van der Waals surface area contributed by atoms with Crippen LogP contribution in [0, 0.1) is 16.2 Å². The first-order valence-corrected chi connectivity index (χ1v) is 37.5. The standard InChI is InChI=1S/C46H61N3O3.C44H57N3O3/c1-35(2)44(50)52-33-17-13-11-9-8-10-12-16-32-51-39-26-22-37(23-27-39)34-47-42-28-29-43(41-19-15-14-18-40(41)42)49-48-38-24-20-36(21-25-38)30-31-46(6,7)45(3,4)5;1-33(2)42(48)50-31-17-13-11-9-8-10-12-16-30-49-37-26-20-34(21-27-37)32-45-40-28-29-41(39-19-15-14-18-38(39)40)47-46-36-24-22-35(23-25-36)44(6,7)43(3,4)5/h14-15,18-29,47H,1,8-13,16-17,30-34H2,2-7H3;14-15,18-29,45H,1,8-13,16-17,30-32H2,2-7H3. The number of unbranched alkanes of at least 4 members (excludes halogenated alkanes) is 14. The van der Waals surface area contributed by atoms with Gasteiger partial charge in [-0.25, -0.2) is 9.59 Å². The number of fused-ring (bicyclic) bond motifs is 2. The van der Waals surface area contributed by atoms with E-state index in [4.69, 9.17) is 18.9 Å². The molecule has 0 atom stereocenters. The van der Waals surface area contributed by atoms with Crippen LogP contribution in [0.4, 0.5) is 34.1 Å². The molecule has 0 saturated carbocycles. The number of azo groups is 2. The third-order valence-corrected chi connectivity index (χ3v) is 20.4. The molecule has 0 aliphatic heterocycles. The summed E-state index contributed by atoms with van der Waals surface area (Å²) < 4.78 is 22.3. The first-order valence-electron chi connectivity index (χ1n) is 37.5. The minimum absolute atomic E-state index is 0.0484. The maximum atomic E-state index is 11.4. The number of hydrogen-bond acceptors (Lipinski definition) is 12. The van der Waals surface area contributed by atoms with Crippen LogP contribution in [-0.4, -0.2) is 38.4 Å². The molecule has 102 heavy (non-hydrogen) atoms. The van der Waals surface area contributed by atoms with Crippen molar-refractivity contribution in [1.82, 2.24) is 0 Å². The lowest BCUT2D eigenvalue weighted by Crippen LogP contribution is -2.33. The van der Waals surface area contributed by atoms with Gasteiger partial charge in [0.2, 0.25) is 0 Å². The first-order chi connectivity index (χ1) is 48.9. The van der Waals surface area contributed by atoms with Gasteiger partial charge in [0, 0.05) is 57.2 Å². The van der Waals surface area contributed by atoms with Crippen LogP contribution in [0.2, 0.25) is 0 Å². The minimum Gasteiger partial charge on any atom is -0.494 e. The molecule has 0 amide bonds. The van der Waals surface area contributed by atoms with E-state index >= 15 is 0 Å². The topological polar surface area (TPSA) is 145 Å². The highest BCUT2D eigenvalue weighted by Crippen LogP contribution is 2.43. The Kier molecular flexibility index (Phi) is 32.1. The molecule has 8 rings (SSSR count). The van der Waals surface area contributed by atoms with Crippen LogP contribution in [0.25, 0.3) is 21.5 Å². The summed E-state index contributed by atoms with van der Waals surface area (Å²) in [7, 11) is 0. The van der Waals surface area contributed by atoms with Gasteiger partial charge in [-0.15, -0.1) is 10.2 Å². The van der Waals surface area contributed by atoms with Gasteiger partial charge >= 0.3 is 11.9 Å². The number of nitrogens with zero attached hydrogens (tertiary/aromatic N) is 4. The van der Waals surface area contributed by atoms with E-state index in [1.165, 1.54) is 86.5 Å². The zero-order chi connectivity index (χ0) is 73.4. The number of hydrogen-bond donors (Lipinski definition) is 2. The van der Waals surface area contributed by atoms with Gasteiger partial charge in [-0.05, 0) is 169 Å². The zero-order valence-electron chi connectivity index (χ0n) is 63.8. The fourth-order valence-corrected chi connectivity index (χ4v) is 11.5. The Morgan fingerprint density at radius 2 is 0.716 bits per heavy atom. The number of ether oxygens (including phenoxy) is 4. The average Bonchev–Trinajstić information content (AvgIpc) is 0.811. The molecule has 0 radical (unpaired) electrons.